The summed E-state index contributed by atoms with van der Waals surface area (Å²) < 4.78 is -0.145. The molecule has 124 valence electrons. The average molecular weight is 362 g/mol. The Labute approximate surface area is 157 Å². The molecule has 3 aromatic carbocycles. The van der Waals surface area contributed by atoms with Gasteiger partial charge in [-0.25, -0.2) is 0 Å². The molecule has 2 atom stereocenters. The lowest BCUT2D eigenvalue weighted by atomic mass is 9.98. The van der Waals surface area contributed by atoms with E-state index in [9.17, 15) is 0 Å². The predicted octanol–water partition coefficient (Wildman–Crippen LogP) is 6.14. The summed E-state index contributed by atoms with van der Waals surface area (Å²) in [5, 5.41) is 1.12. The molecule has 0 N–H and O–H groups in total. The predicted molar refractivity (Wildman–Crippen MR) is 111 cm³/mol. The zero-order valence-corrected chi connectivity index (χ0v) is 15.6. The van der Waals surface area contributed by atoms with Crippen molar-refractivity contribution in [3.05, 3.63) is 108 Å². The maximum absolute atomic E-state index is 5.19. The second-order valence-corrected chi connectivity index (χ2v) is 8.50. The molecule has 0 amide bonds. The zero-order valence-electron chi connectivity index (χ0n) is 14.0. The van der Waals surface area contributed by atoms with Crippen molar-refractivity contribution < 1.29 is 0 Å². The van der Waals surface area contributed by atoms with Crippen LogP contribution in [-0.2, 0) is 4.08 Å². The third kappa shape index (κ3) is 3.03. The Morgan fingerprint density at radius 3 is 1.96 bits per heavy atom. The van der Waals surface area contributed by atoms with Crippen LogP contribution in [0.4, 0.5) is 0 Å². The quantitative estimate of drug-likeness (QED) is 0.553. The maximum Gasteiger partial charge on any atom is 0.118 e. The molecule has 4 rings (SSSR count). The first-order chi connectivity index (χ1) is 12.3. The fourth-order valence-electron chi connectivity index (χ4n) is 3.23. The second-order valence-electron chi connectivity index (χ2n) is 5.95. The van der Waals surface area contributed by atoms with E-state index in [0.29, 0.717) is 0 Å². The third-order valence-electron chi connectivity index (χ3n) is 4.47. The summed E-state index contributed by atoms with van der Waals surface area (Å²) in [5.74, 6) is 0. The van der Waals surface area contributed by atoms with Gasteiger partial charge in [-0.15, -0.1) is 11.8 Å². The summed E-state index contributed by atoms with van der Waals surface area (Å²) in [6, 6.07) is 32.0. The van der Waals surface area contributed by atoms with Crippen molar-refractivity contribution >= 4 is 28.6 Å². The first kappa shape index (κ1) is 16.5. The van der Waals surface area contributed by atoms with Gasteiger partial charge in [0.2, 0.25) is 0 Å². The van der Waals surface area contributed by atoms with Crippen LogP contribution in [0.15, 0.2) is 96.0 Å². The highest BCUT2D eigenvalue weighted by molar-refractivity contribution is 8.25. The summed E-state index contributed by atoms with van der Waals surface area (Å²) >= 11 is 3.76. The molecular formula is C22H19NS2. The van der Waals surface area contributed by atoms with E-state index in [-0.39, 0.29) is 10.1 Å². The highest BCUT2D eigenvalue weighted by Crippen LogP contribution is 2.60. The molecule has 0 fully saturated rings. The molecule has 0 radical (unpaired) electrons. The number of thioether (sulfide) groups is 2. The lowest BCUT2D eigenvalue weighted by Gasteiger charge is -2.32. The van der Waals surface area contributed by atoms with E-state index in [4.69, 9.17) is 4.99 Å². The van der Waals surface area contributed by atoms with E-state index < -0.39 is 0 Å². The van der Waals surface area contributed by atoms with E-state index in [2.05, 4.69) is 97.3 Å². The summed E-state index contributed by atoms with van der Waals surface area (Å²) in [4.78, 5) is 5.19. The molecule has 1 nitrogen and oxygen atoms in total. The van der Waals surface area contributed by atoms with Crippen molar-refractivity contribution in [2.75, 3.05) is 6.26 Å². The zero-order chi connectivity index (χ0) is 17.1. The fraction of sp³-hybridized carbons (Fsp3) is 0.136. The van der Waals surface area contributed by atoms with Crippen molar-refractivity contribution in [1.82, 2.24) is 0 Å². The van der Waals surface area contributed by atoms with Gasteiger partial charge in [-0.05, 0) is 17.4 Å². The van der Waals surface area contributed by atoms with Crippen LogP contribution in [-0.4, -0.2) is 11.3 Å². The van der Waals surface area contributed by atoms with Crippen LogP contribution < -0.4 is 0 Å². The standard InChI is InChI=1S/C22H19NS2/c1-24-22(19-15-9-4-10-16-19)20(17-11-5-2-6-12-17)23-21(25-22)18-13-7-3-8-14-18/h2-16,20H,1H3/t20-,22+/m0/s1. The minimum atomic E-state index is -0.145. The van der Waals surface area contributed by atoms with Crippen LogP contribution in [0.2, 0.25) is 0 Å². The first-order valence-electron chi connectivity index (χ1n) is 8.31. The van der Waals surface area contributed by atoms with Crippen LogP contribution >= 0.6 is 23.5 Å². The summed E-state index contributed by atoms with van der Waals surface area (Å²) in [7, 11) is 0. The van der Waals surface area contributed by atoms with Crippen molar-refractivity contribution in [1.29, 1.82) is 0 Å². The molecule has 0 aromatic heterocycles. The fourth-order valence-corrected chi connectivity index (χ4v) is 5.84. The Hall–Kier alpha value is -1.97. The molecule has 25 heavy (non-hydrogen) atoms. The minimum absolute atomic E-state index is 0.0892. The lowest BCUT2D eigenvalue weighted by Crippen LogP contribution is -2.22. The number of hydrogen-bond donors (Lipinski definition) is 0. The lowest BCUT2D eigenvalue weighted by molar-refractivity contribution is 0.681. The van der Waals surface area contributed by atoms with Crippen LogP contribution in [0, 0.1) is 0 Å². The van der Waals surface area contributed by atoms with Gasteiger partial charge in [-0.2, -0.15) is 0 Å². The Balaban J connectivity index is 1.86. The molecule has 0 spiro atoms. The summed E-state index contributed by atoms with van der Waals surface area (Å²) in [6.45, 7) is 0. The normalized spacial score (nSPS) is 22.6. The van der Waals surface area contributed by atoms with Gasteiger partial charge < -0.3 is 0 Å². The molecule has 3 heteroatoms. The topological polar surface area (TPSA) is 12.4 Å². The summed E-state index contributed by atoms with van der Waals surface area (Å²) in [6.07, 6.45) is 2.19. The molecule has 1 heterocycles. The van der Waals surface area contributed by atoms with E-state index in [1.54, 1.807) is 0 Å². The molecule has 0 unspecified atom stereocenters. The average Bonchev–Trinajstić information content (AvgIpc) is 3.11. The highest BCUT2D eigenvalue weighted by Gasteiger charge is 2.47. The summed E-state index contributed by atoms with van der Waals surface area (Å²) in [5.41, 5.74) is 3.77. The highest BCUT2D eigenvalue weighted by atomic mass is 32.2. The monoisotopic (exact) mass is 361 g/mol. The molecule has 3 aromatic rings. The van der Waals surface area contributed by atoms with Crippen LogP contribution in [0.5, 0.6) is 0 Å². The van der Waals surface area contributed by atoms with Gasteiger partial charge in [-0.3, -0.25) is 4.99 Å². The molecule has 0 saturated heterocycles. The smallest absolute Gasteiger partial charge is 0.118 e. The van der Waals surface area contributed by atoms with E-state index in [1.165, 1.54) is 16.7 Å². The van der Waals surface area contributed by atoms with Crippen molar-refractivity contribution in [2.24, 2.45) is 4.99 Å². The van der Waals surface area contributed by atoms with Gasteiger partial charge in [0, 0.05) is 5.56 Å². The van der Waals surface area contributed by atoms with E-state index in [0.717, 1.165) is 5.04 Å². The van der Waals surface area contributed by atoms with Gasteiger partial charge in [-0.1, -0.05) is 103 Å². The third-order valence-corrected chi connectivity index (χ3v) is 7.58. The Morgan fingerprint density at radius 2 is 1.36 bits per heavy atom. The SMILES string of the molecule is CS[C@]1(c2ccccc2)SC(c2ccccc2)=N[C@H]1c1ccccc1. The number of benzene rings is 3. The van der Waals surface area contributed by atoms with Gasteiger partial charge >= 0.3 is 0 Å². The van der Waals surface area contributed by atoms with Gasteiger partial charge in [0.25, 0.3) is 0 Å². The number of nitrogens with zero attached hydrogens (tertiary/aromatic N) is 1. The second kappa shape index (κ2) is 7.11. The number of hydrogen-bond acceptors (Lipinski definition) is 3. The largest absolute Gasteiger partial charge is 0.267 e. The number of rotatable bonds is 4. The van der Waals surface area contributed by atoms with Crippen molar-refractivity contribution in [2.45, 2.75) is 10.1 Å². The molecule has 0 saturated carbocycles. The van der Waals surface area contributed by atoms with Crippen LogP contribution in [0.3, 0.4) is 0 Å². The molecule has 1 aliphatic rings. The van der Waals surface area contributed by atoms with Crippen LogP contribution in [0.25, 0.3) is 0 Å². The van der Waals surface area contributed by atoms with Gasteiger partial charge in [0.15, 0.2) is 0 Å². The van der Waals surface area contributed by atoms with E-state index >= 15 is 0 Å². The number of aliphatic imine (C=N–C) groups is 1. The maximum atomic E-state index is 5.19. The van der Waals surface area contributed by atoms with Crippen molar-refractivity contribution in [3.63, 3.8) is 0 Å². The van der Waals surface area contributed by atoms with Gasteiger partial charge in [0.05, 0.1) is 0 Å². The Bertz CT molecular complexity index is 862. The Kier molecular flexibility index (Phi) is 4.69. The molecule has 0 bridgehead atoms. The first-order valence-corrected chi connectivity index (χ1v) is 10.4. The molecular weight excluding hydrogens is 342 g/mol. The van der Waals surface area contributed by atoms with Crippen LogP contribution in [0.1, 0.15) is 22.7 Å². The van der Waals surface area contributed by atoms with Gasteiger partial charge in [0.1, 0.15) is 15.2 Å². The Morgan fingerprint density at radius 1 is 0.800 bits per heavy atom. The molecule has 0 aliphatic carbocycles. The molecule has 1 aliphatic heterocycles. The minimum Gasteiger partial charge on any atom is -0.267 e. The van der Waals surface area contributed by atoms with Crippen molar-refractivity contribution in [3.8, 4) is 0 Å². The van der Waals surface area contributed by atoms with E-state index in [1.807, 2.05) is 23.5 Å².